The Morgan fingerprint density at radius 3 is 2.20 bits per heavy atom. The zero-order chi connectivity index (χ0) is 18.4. The summed E-state index contributed by atoms with van der Waals surface area (Å²) in [4.78, 5) is 28.2. The number of aromatic nitrogens is 1. The molecule has 3 N–H and O–H groups in total. The minimum Gasteiger partial charge on any atom is -0.481 e. The molecule has 2 aromatic rings. The molecule has 0 saturated heterocycles. The van der Waals surface area contributed by atoms with Gasteiger partial charge in [0.25, 0.3) is 5.91 Å². The van der Waals surface area contributed by atoms with Crippen LogP contribution < -0.4 is 20.7 Å². The van der Waals surface area contributed by atoms with Gasteiger partial charge in [-0.2, -0.15) is 0 Å². The molecule has 0 radical (unpaired) electrons. The van der Waals surface area contributed by atoms with Crippen molar-refractivity contribution in [3.8, 4) is 5.88 Å². The fraction of sp³-hybridized carbons (Fsp3) is 0.278. The van der Waals surface area contributed by atoms with Gasteiger partial charge in [0.05, 0.1) is 7.11 Å². The number of carbonyl (C=O) groups is 2. The second kappa shape index (κ2) is 8.14. The first-order valence-electron chi connectivity index (χ1n) is 7.89. The number of methoxy groups -OCH3 is 1. The Labute approximate surface area is 146 Å². The average Bonchev–Trinajstić information content (AvgIpc) is 2.55. The van der Waals surface area contributed by atoms with Crippen molar-refractivity contribution in [3.63, 3.8) is 0 Å². The standard InChI is InChI=1S/C18H22N4O3/c1-11(2)19-18(24)22-15-7-5-14(6-8-15)21-17(23)13-9-12(3)20-16(10-13)25-4/h5-11H,1-4H3,(H,21,23)(H2,19,22,24). The van der Waals surface area contributed by atoms with Crippen LogP contribution in [-0.4, -0.2) is 30.1 Å². The van der Waals surface area contributed by atoms with E-state index in [4.69, 9.17) is 4.74 Å². The van der Waals surface area contributed by atoms with Gasteiger partial charge in [-0.05, 0) is 51.1 Å². The number of nitrogens with zero attached hydrogens (tertiary/aromatic N) is 1. The smallest absolute Gasteiger partial charge is 0.319 e. The quantitative estimate of drug-likeness (QED) is 0.778. The Morgan fingerprint density at radius 2 is 1.64 bits per heavy atom. The van der Waals surface area contributed by atoms with Gasteiger partial charge in [0.1, 0.15) is 0 Å². The molecule has 3 amide bonds. The van der Waals surface area contributed by atoms with Crippen LogP contribution in [0.15, 0.2) is 36.4 Å². The molecule has 7 heteroatoms. The third kappa shape index (κ3) is 5.49. The number of hydrogen-bond acceptors (Lipinski definition) is 4. The summed E-state index contributed by atoms with van der Waals surface area (Å²) in [5, 5.41) is 8.26. The van der Waals surface area contributed by atoms with Gasteiger partial charge >= 0.3 is 6.03 Å². The Hall–Kier alpha value is -3.09. The van der Waals surface area contributed by atoms with Crippen LogP contribution >= 0.6 is 0 Å². The van der Waals surface area contributed by atoms with E-state index in [0.717, 1.165) is 0 Å². The van der Waals surface area contributed by atoms with Crippen molar-refractivity contribution in [2.24, 2.45) is 0 Å². The molecule has 7 nitrogen and oxygen atoms in total. The summed E-state index contributed by atoms with van der Waals surface area (Å²) in [7, 11) is 1.50. The number of nitrogens with one attached hydrogen (secondary N) is 3. The van der Waals surface area contributed by atoms with Gasteiger partial charge in [-0.25, -0.2) is 9.78 Å². The van der Waals surface area contributed by atoms with E-state index >= 15 is 0 Å². The summed E-state index contributed by atoms with van der Waals surface area (Å²) < 4.78 is 5.08. The molecule has 0 fully saturated rings. The van der Waals surface area contributed by atoms with Gasteiger partial charge in [-0.3, -0.25) is 4.79 Å². The monoisotopic (exact) mass is 342 g/mol. The van der Waals surface area contributed by atoms with Crippen LogP contribution in [0.4, 0.5) is 16.2 Å². The third-order valence-corrected chi connectivity index (χ3v) is 3.22. The molecule has 1 aromatic carbocycles. The second-order valence-electron chi connectivity index (χ2n) is 5.82. The summed E-state index contributed by atoms with van der Waals surface area (Å²) in [5.41, 5.74) is 2.41. The maximum Gasteiger partial charge on any atom is 0.319 e. The molecular weight excluding hydrogens is 320 g/mol. The van der Waals surface area contributed by atoms with Crippen molar-refractivity contribution in [1.82, 2.24) is 10.3 Å². The number of pyridine rings is 1. The molecule has 132 valence electrons. The summed E-state index contributed by atoms with van der Waals surface area (Å²) in [6.45, 7) is 5.56. The maximum absolute atomic E-state index is 12.3. The number of hydrogen-bond donors (Lipinski definition) is 3. The molecule has 0 saturated carbocycles. The van der Waals surface area contributed by atoms with Crippen molar-refractivity contribution in [2.75, 3.05) is 17.7 Å². The van der Waals surface area contributed by atoms with Gasteiger partial charge < -0.3 is 20.7 Å². The number of benzene rings is 1. The first kappa shape index (κ1) is 18.3. The van der Waals surface area contributed by atoms with E-state index in [1.165, 1.54) is 7.11 Å². The van der Waals surface area contributed by atoms with Gasteiger partial charge in [-0.1, -0.05) is 0 Å². The topological polar surface area (TPSA) is 92.4 Å². The van der Waals surface area contributed by atoms with Crippen molar-refractivity contribution in [2.45, 2.75) is 26.8 Å². The number of urea groups is 1. The lowest BCUT2D eigenvalue weighted by atomic mass is 10.2. The summed E-state index contributed by atoms with van der Waals surface area (Å²) in [6.07, 6.45) is 0. The lowest BCUT2D eigenvalue weighted by Gasteiger charge is -2.11. The molecule has 0 spiro atoms. The summed E-state index contributed by atoms with van der Waals surface area (Å²) >= 11 is 0. The zero-order valence-corrected chi connectivity index (χ0v) is 14.7. The number of anilines is 2. The lowest BCUT2D eigenvalue weighted by Crippen LogP contribution is -2.34. The molecule has 0 unspecified atom stereocenters. The summed E-state index contributed by atoms with van der Waals surface area (Å²) in [6, 6.07) is 9.91. The molecule has 0 atom stereocenters. The van der Waals surface area contributed by atoms with Gasteiger partial charge in [0, 0.05) is 34.7 Å². The average molecular weight is 342 g/mol. The predicted octanol–water partition coefficient (Wildman–Crippen LogP) is 3.18. The molecule has 25 heavy (non-hydrogen) atoms. The minimum absolute atomic E-state index is 0.0550. The van der Waals surface area contributed by atoms with E-state index in [2.05, 4.69) is 20.9 Å². The van der Waals surface area contributed by atoms with E-state index < -0.39 is 0 Å². The highest BCUT2D eigenvalue weighted by atomic mass is 16.5. The van der Waals surface area contributed by atoms with Crippen LogP contribution in [0, 0.1) is 6.92 Å². The zero-order valence-electron chi connectivity index (χ0n) is 14.7. The molecule has 0 aliphatic carbocycles. The summed E-state index contributed by atoms with van der Waals surface area (Å²) in [5.74, 6) is 0.128. The van der Waals surface area contributed by atoms with Crippen molar-refractivity contribution in [1.29, 1.82) is 0 Å². The Kier molecular flexibility index (Phi) is 5.94. The highest BCUT2D eigenvalue weighted by Gasteiger charge is 2.10. The van der Waals surface area contributed by atoms with Crippen molar-refractivity contribution >= 4 is 23.3 Å². The van der Waals surface area contributed by atoms with Crippen LogP contribution in [-0.2, 0) is 0 Å². The number of carbonyl (C=O) groups excluding carboxylic acids is 2. The normalized spacial score (nSPS) is 10.3. The molecule has 2 rings (SSSR count). The fourth-order valence-corrected chi connectivity index (χ4v) is 2.14. The lowest BCUT2D eigenvalue weighted by molar-refractivity contribution is 0.102. The predicted molar refractivity (Wildman–Crippen MR) is 97.2 cm³/mol. The van der Waals surface area contributed by atoms with E-state index in [0.29, 0.717) is 28.5 Å². The first-order valence-corrected chi connectivity index (χ1v) is 7.89. The van der Waals surface area contributed by atoms with Gasteiger partial charge in [0.15, 0.2) is 0 Å². The first-order chi connectivity index (χ1) is 11.9. The van der Waals surface area contributed by atoms with Crippen LogP contribution in [0.1, 0.15) is 29.9 Å². The molecule has 1 aromatic heterocycles. The molecule has 1 heterocycles. The molecule has 0 aliphatic rings. The van der Waals surface area contributed by atoms with Gasteiger partial charge in [0.2, 0.25) is 5.88 Å². The highest BCUT2D eigenvalue weighted by molar-refractivity contribution is 6.04. The SMILES string of the molecule is COc1cc(C(=O)Nc2ccc(NC(=O)NC(C)C)cc2)cc(C)n1. The largest absolute Gasteiger partial charge is 0.481 e. The van der Waals surface area contributed by atoms with Gasteiger partial charge in [-0.15, -0.1) is 0 Å². The fourth-order valence-electron chi connectivity index (χ4n) is 2.14. The molecule has 0 bridgehead atoms. The highest BCUT2D eigenvalue weighted by Crippen LogP contribution is 2.17. The van der Waals surface area contributed by atoms with E-state index in [9.17, 15) is 9.59 Å². The molecular formula is C18H22N4O3. The Morgan fingerprint density at radius 1 is 1.04 bits per heavy atom. The van der Waals surface area contributed by atoms with E-state index in [1.807, 2.05) is 13.8 Å². The Bertz CT molecular complexity index is 757. The van der Waals surface area contributed by atoms with Crippen LogP contribution in [0.2, 0.25) is 0 Å². The Balaban J connectivity index is 2.02. The van der Waals surface area contributed by atoms with Crippen LogP contribution in [0.5, 0.6) is 5.88 Å². The number of amides is 3. The maximum atomic E-state index is 12.3. The van der Waals surface area contributed by atoms with Crippen LogP contribution in [0.25, 0.3) is 0 Å². The molecule has 0 aliphatic heterocycles. The van der Waals surface area contributed by atoms with Crippen molar-refractivity contribution in [3.05, 3.63) is 47.7 Å². The minimum atomic E-state index is -0.272. The second-order valence-corrected chi connectivity index (χ2v) is 5.82. The number of ether oxygens (including phenoxy) is 1. The van der Waals surface area contributed by atoms with Crippen molar-refractivity contribution < 1.29 is 14.3 Å². The van der Waals surface area contributed by atoms with E-state index in [-0.39, 0.29) is 18.0 Å². The van der Waals surface area contributed by atoms with Crippen LogP contribution in [0.3, 0.4) is 0 Å². The number of rotatable bonds is 5. The van der Waals surface area contributed by atoms with E-state index in [1.54, 1.807) is 43.3 Å². The third-order valence-electron chi connectivity index (χ3n) is 3.22. The number of aryl methyl sites for hydroxylation is 1.